The van der Waals surface area contributed by atoms with Crippen LogP contribution in [0.3, 0.4) is 0 Å². The Hall–Kier alpha value is -0.640. The number of fused-ring (bicyclic) bond motifs is 2. The van der Waals surface area contributed by atoms with E-state index in [1.54, 1.807) is 0 Å². The number of rotatable bonds is 6. The van der Waals surface area contributed by atoms with Crippen molar-refractivity contribution in [3.05, 3.63) is 0 Å². The second-order valence-corrected chi connectivity index (χ2v) is 10.2. The van der Waals surface area contributed by atoms with Gasteiger partial charge in [-0.05, 0) is 68.2 Å². The zero-order valence-corrected chi connectivity index (χ0v) is 16.5. The molecule has 3 nitrogen and oxygen atoms in total. The molecular weight excluding hydrogens is 315 g/mol. The third-order valence-electron chi connectivity index (χ3n) is 6.86. The first-order chi connectivity index (χ1) is 11.7. The van der Waals surface area contributed by atoms with E-state index in [1.807, 2.05) is 0 Å². The fourth-order valence-corrected chi connectivity index (χ4v) is 5.04. The molecule has 1 N–H and O–H groups in total. The van der Waals surface area contributed by atoms with Crippen LogP contribution in [0.1, 0.15) is 72.1 Å². The maximum atomic E-state index is 15.0. The van der Waals surface area contributed by atoms with E-state index in [1.165, 1.54) is 25.7 Å². The highest BCUT2D eigenvalue weighted by atomic mass is 19.1. The molecule has 4 heteroatoms. The summed E-state index contributed by atoms with van der Waals surface area (Å²) in [6.07, 6.45) is 8.08. The van der Waals surface area contributed by atoms with E-state index in [0.29, 0.717) is 30.6 Å². The molecule has 1 heterocycles. The fourth-order valence-electron chi connectivity index (χ4n) is 5.04. The minimum atomic E-state index is -1.21. The molecule has 2 bridgehead atoms. The van der Waals surface area contributed by atoms with Crippen LogP contribution in [0.2, 0.25) is 0 Å². The van der Waals surface area contributed by atoms with Crippen LogP contribution in [-0.2, 0) is 4.79 Å². The molecule has 144 valence electrons. The average molecular weight is 353 g/mol. The van der Waals surface area contributed by atoms with Crippen molar-refractivity contribution >= 4 is 5.91 Å². The van der Waals surface area contributed by atoms with E-state index in [-0.39, 0.29) is 12.5 Å². The number of likely N-dealkylation sites (tertiary alicyclic amines) is 1. The van der Waals surface area contributed by atoms with Gasteiger partial charge in [0, 0.05) is 19.5 Å². The molecule has 1 aliphatic heterocycles. The Labute approximate surface area is 153 Å². The quantitative estimate of drug-likeness (QED) is 0.778. The number of nitrogens with one attached hydrogen (secondary N) is 1. The molecule has 1 unspecified atom stereocenters. The second kappa shape index (κ2) is 7.54. The normalized spacial score (nSPS) is 32.1. The van der Waals surface area contributed by atoms with Gasteiger partial charge in [-0.15, -0.1) is 0 Å². The monoisotopic (exact) mass is 352 g/mol. The van der Waals surface area contributed by atoms with Crippen molar-refractivity contribution in [1.29, 1.82) is 0 Å². The van der Waals surface area contributed by atoms with Crippen LogP contribution in [0, 0.1) is 23.2 Å². The van der Waals surface area contributed by atoms with Crippen molar-refractivity contribution in [3.63, 3.8) is 0 Å². The van der Waals surface area contributed by atoms with Gasteiger partial charge in [-0.1, -0.05) is 27.2 Å². The Kier molecular flexibility index (Phi) is 5.77. The molecule has 3 rings (SSSR count). The maximum Gasteiger partial charge on any atom is 0.220 e. The lowest BCUT2D eigenvalue weighted by Crippen LogP contribution is -2.48. The Bertz CT molecular complexity index is 465. The summed E-state index contributed by atoms with van der Waals surface area (Å²) in [5.41, 5.74) is -0.875. The van der Waals surface area contributed by atoms with Gasteiger partial charge in [-0.3, -0.25) is 4.79 Å². The first kappa shape index (κ1) is 19.1. The predicted molar refractivity (Wildman–Crippen MR) is 100 cm³/mol. The number of piperidine rings is 1. The summed E-state index contributed by atoms with van der Waals surface area (Å²) >= 11 is 0. The van der Waals surface area contributed by atoms with Crippen LogP contribution in [-0.4, -0.2) is 42.7 Å². The van der Waals surface area contributed by atoms with Gasteiger partial charge >= 0.3 is 0 Å². The van der Waals surface area contributed by atoms with Crippen molar-refractivity contribution in [3.8, 4) is 0 Å². The molecule has 25 heavy (non-hydrogen) atoms. The molecule has 0 spiro atoms. The van der Waals surface area contributed by atoms with E-state index in [0.717, 1.165) is 37.9 Å². The highest BCUT2D eigenvalue weighted by molar-refractivity contribution is 5.76. The van der Waals surface area contributed by atoms with Crippen LogP contribution in [0.25, 0.3) is 0 Å². The van der Waals surface area contributed by atoms with Crippen LogP contribution in [0.15, 0.2) is 0 Å². The van der Waals surface area contributed by atoms with Crippen molar-refractivity contribution < 1.29 is 9.18 Å². The van der Waals surface area contributed by atoms with Crippen molar-refractivity contribution in [1.82, 2.24) is 10.2 Å². The largest absolute Gasteiger partial charge is 0.353 e. The topological polar surface area (TPSA) is 32.3 Å². The molecule has 0 aromatic heterocycles. The molecule has 2 aliphatic carbocycles. The zero-order valence-electron chi connectivity index (χ0n) is 16.5. The lowest BCUT2D eigenvalue weighted by molar-refractivity contribution is -0.123. The predicted octanol–water partition coefficient (Wildman–Crippen LogP) is 4.17. The minimum absolute atomic E-state index is 0.0738. The van der Waals surface area contributed by atoms with Gasteiger partial charge in [0.15, 0.2) is 0 Å². The molecule has 3 fully saturated rings. The van der Waals surface area contributed by atoms with Gasteiger partial charge in [0.05, 0.1) is 6.54 Å². The van der Waals surface area contributed by atoms with E-state index in [2.05, 4.69) is 31.0 Å². The van der Waals surface area contributed by atoms with Crippen LogP contribution >= 0.6 is 0 Å². The van der Waals surface area contributed by atoms with Gasteiger partial charge in [0.1, 0.15) is 5.67 Å². The molecule has 0 aromatic carbocycles. The number of halogens is 1. The summed E-state index contributed by atoms with van der Waals surface area (Å²) in [4.78, 5) is 14.6. The number of carbonyl (C=O) groups excluding carboxylic acids is 1. The first-order valence-electron chi connectivity index (χ1n) is 10.4. The number of nitrogens with zero attached hydrogens (tertiary/aromatic N) is 1. The van der Waals surface area contributed by atoms with Crippen molar-refractivity contribution in [2.75, 3.05) is 26.2 Å². The van der Waals surface area contributed by atoms with Crippen LogP contribution in [0.4, 0.5) is 4.39 Å². The van der Waals surface area contributed by atoms with E-state index in [9.17, 15) is 4.79 Å². The summed E-state index contributed by atoms with van der Waals surface area (Å²) < 4.78 is 15.0. The highest BCUT2D eigenvalue weighted by Crippen LogP contribution is 2.49. The molecule has 2 saturated carbocycles. The number of hydrogen-bond acceptors (Lipinski definition) is 2. The molecule has 3 aliphatic rings. The number of hydrogen-bond donors (Lipinski definition) is 1. The summed E-state index contributed by atoms with van der Waals surface area (Å²) in [7, 11) is 0. The van der Waals surface area contributed by atoms with Gasteiger partial charge in [-0.2, -0.15) is 0 Å². The standard InChI is InChI=1S/C21H37FN2O/c1-20(2,3)6-9-24-10-7-21(22,8-11-24)15-23-19(25)14-18-13-16-4-5-17(18)12-16/h16-18H,4-15H2,1-3H3,(H,23,25)/t16-,17+,18?/m1/s1. The lowest BCUT2D eigenvalue weighted by atomic mass is 9.86. The number of amides is 1. The fraction of sp³-hybridized carbons (Fsp3) is 0.952. The Balaban J connectivity index is 1.35. The van der Waals surface area contributed by atoms with Gasteiger partial charge in [0.25, 0.3) is 0 Å². The average Bonchev–Trinajstić information content (AvgIpc) is 3.15. The zero-order chi connectivity index (χ0) is 18.1. The summed E-state index contributed by atoms with van der Waals surface area (Å²) in [6.45, 7) is 9.64. The second-order valence-electron chi connectivity index (χ2n) is 10.2. The Morgan fingerprint density at radius 3 is 2.48 bits per heavy atom. The van der Waals surface area contributed by atoms with Gasteiger partial charge < -0.3 is 10.2 Å². The van der Waals surface area contributed by atoms with E-state index in [4.69, 9.17) is 0 Å². The Morgan fingerprint density at radius 2 is 1.92 bits per heavy atom. The molecule has 3 atom stereocenters. The molecule has 0 radical (unpaired) electrons. The third-order valence-corrected chi connectivity index (χ3v) is 6.86. The summed E-state index contributed by atoms with van der Waals surface area (Å²) in [5, 5.41) is 2.92. The van der Waals surface area contributed by atoms with Crippen LogP contribution in [0.5, 0.6) is 0 Å². The summed E-state index contributed by atoms with van der Waals surface area (Å²) in [6, 6.07) is 0. The Morgan fingerprint density at radius 1 is 1.20 bits per heavy atom. The molecule has 1 amide bonds. The SMILES string of the molecule is CC(C)(C)CCN1CCC(F)(CNC(=O)CC2C[C@@H]3CC[C@H]2C3)CC1. The number of carbonyl (C=O) groups is 1. The smallest absolute Gasteiger partial charge is 0.220 e. The van der Waals surface area contributed by atoms with Crippen LogP contribution < -0.4 is 5.32 Å². The molecule has 1 saturated heterocycles. The third kappa shape index (κ3) is 5.42. The summed E-state index contributed by atoms with van der Waals surface area (Å²) in [5.74, 6) is 2.27. The molecular formula is C21H37FN2O. The van der Waals surface area contributed by atoms with E-state index >= 15 is 4.39 Å². The minimum Gasteiger partial charge on any atom is -0.353 e. The first-order valence-corrected chi connectivity index (χ1v) is 10.4. The lowest BCUT2D eigenvalue weighted by Gasteiger charge is -2.37. The van der Waals surface area contributed by atoms with E-state index < -0.39 is 5.67 Å². The highest BCUT2D eigenvalue weighted by Gasteiger charge is 2.40. The molecule has 0 aromatic rings. The van der Waals surface area contributed by atoms with Gasteiger partial charge in [-0.25, -0.2) is 4.39 Å². The van der Waals surface area contributed by atoms with Crippen molar-refractivity contribution in [2.24, 2.45) is 23.2 Å². The van der Waals surface area contributed by atoms with Crippen molar-refractivity contribution in [2.45, 2.75) is 77.8 Å². The maximum absolute atomic E-state index is 15.0. The number of alkyl halides is 1. The van der Waals surface area contributed by atoms with Gasteiger partial charge in [0.2, 0.25) is 5.91 Å².